The summed E-state index contributed by atoms with van der Waals surface area (Å²) in [5.41, 5.74) is 4.60. The first-order valence-corrected chi connectivity index (χ1v) is 13.5. The third kappa shape index (κ3) is 8.84. The number of aryl methyl sites for hydroxylation is 1. The Bertz CT molecular complexity index is 1250. The summed E-state index contributed by atoms with van der Waals surface area (Å²) < 4.78 is 75.3. The predicted octanol–water partition coefficient (Wildman–Crippen LogP) is 5.44. The highest BCUT2D eigenvalue weighted by molar-refractivity contribution is 7.46. The molecule has 0 aliphatic carbocycles. The normalized spacial score (nSPS) is 13.9. The lowest BCUT2D eigenvalue weighted by molar-refractivity contribution is -0.138. The van der Waals surface area contributed by atoms with Gasteiger partial charge in [-0.15, -0.1) is 10.2 Å². The van der Waals surface area contributed by atoms with Crippen molar-refractivity contribution in [3.8, 4) is 16.3 Å². The summed E-state index contributed by atoms with van der Waals surface area (Å²) >= 11 is 0.883. The molecular formula is C23H26F4N3O5PS. The Kier molecular flexibility index (Phi) is 9.43. The number of aromatic nitrogens is 2. The van der Waals surface area contributed by atoms with Crippen LogP contribution in [0.25, 0.3) is 10.6 Å². The molecule has 0 saturated carbocycles. The van der Waals surface area contributed by atoms with Gasteiger partial charge in [-0.05, 0) is 68.5 Å². The summed E-state index contributed by atoms with van der Waals surface area (Å²) in [5.74, 6) is -0.621. The van der Waals surface area contributed by atoms with E-state index in [0.29, 0.717) is 19.3 Å². The standard InChI is InChI=1S/C23H26F4N3O5PS/c1-22(28,14-35-36(31,32)33)21-30-29-20(37-21)16-9-10-19(18(13-16)23(25,26)27)34-11-4-2-3-6-15-7-5-8-17(24)12-15/h5,7-10,12-13H,2-4,6,11,14,28H2,1H3,(H2,31,32,33)/t22-/m0/s1. The Morgan fingerprint density at radius 2 is 1.84 bits per heavy atom. The van der Waals surface area contributed by atoms with E-state index in [9.17, 15) is 22.1 Å². The molecule has 0 aliphatic heterocycles. The maximum absolute atomic E-state index is 13.7. The number of alkyl halides is 3. The first kappa shape index (κ1) is 29.2. The van der Waals surface area contributed by atoms with Gasteiger partial charge in [0, 0.05) is 5.56 Å². The molecule has 14 heteroatoms. The van der Waals surface area contributed by atoms with Crippen molar-refractivity contribution in [1.29, 1.82) is 0 Å². The average Bonchev–Trinajstić information content (AvgIpc) is 3.31. The Morgan fingerprint density at radius 3 is 2.51 bits per heavy atom. The molecule has 0 aliphatic rings. The summed E-state index contributed by atoms with van der Waals surface area (Å²) in [6, 6.07) is 9.81. The van der Waals surface area contributed by atoms with Gasteiger partial charge < -0.3 is 20.3 Å². The van der Waals surface area contributed by atoms with Crippen molar-refractivity contribution in [3.05, 3.63) is 64.4 Å². The SMILES string of the molecule is C[C@](N)(COP(=O)(O)O)c1nnc(-c2ccc(OCCCCCc3cccc(F)c3)c(C(F)(F)F)c2)s1. The molecule has 0 radical (unpaired) electrons. The van der Waals surface area contributed by atoms with Gasteiger partial charge in [0.2, 0.25) is 0 Å². The lowest BCUT2D eigenvalue weighted by Crippen LogP contribution is -2.37. The third-order valence-corrected chi connectivity index (χ3v) is 6.95. The predicted molar refractivity (Wildman–Crippen MR) is 129 cm³/mol. The molecule has 202 valence electrons. The molecule has 0 fully saturated rings. The molecule has 0 bridgehead atoms. The smallest absolute Gasteiger partial charge is 0.469 e. The first-order chi connectivity index (χ1) is 17.2. The largest absolute Gasteiger partial charge is 0.493 e. The lowest BCUT2D eigenvalue weighted by Gasteiger charge is -2.21. The zero-order valence-corrected chi connectivity index (χ0v) is 21.5. The highest BCUT2D eigenvalue weighted by Crippen LogP contribution is 2.41. The van der Waals surface area contributed by atoms with Crippen LogP contribution in [-0.4, -0.2) is 33.2 Å². The molecule has 8 nitrogen and oxygen atoms in total. The molecule has 0 unspecified atom stereocenters. The van der Waals surface area contributed by atoms with Crippen molar-refractivity contribution in [2.45, 2.75) is 44.3 Å². The van der Waals surface area contributed by atoms with Crippen molar-refractivity contribution in [3.63, 3.8) is 0 Å². The van der Waals surface area contributed by atoms with E-state index in [2.05, 4.69) is 14.7 Å². The number of hydrogen-bond donors (Lipinski definition) is 3. The second-order valence-electron chi connectivity index (χ2n) is 8.59. The number of benzene rings is 2. The molecule has 0 spiro atoms. The van der Waals surface area contributed by atoms with Crippen LogP contribution in [0, 0.1) is 5.82 Å². The van der Waals surface area contributed by atoms with Crippen molar-refractivity contribution in [2.75, 3.05) is 13.2 Å². The summed E-state index contributed by atoms with van der Waals surface area (Å²) in [5, 5.41) is 8.01. The summed E-state index contributed by atoms with van der Waals surface area (Å²) in [7, 11) is -4.77. The third-order valence-electron chi connectivity index (χ3n) is 5.23. The van der Waals surface area contributed by atoms with Crippen molar-refractivity contribution < 1.29 is 41.2 Å². The average molecular weight is 564 g/mol. The van der Waals surface area contributed by atoms with Gasteiger partial charge in [-0.25, -0.2) is 8.96 Å². The van der Waals surface area contributed by atoms with E-state index in [-0.39, 0.29) is 33.8 Å². The molecule has 4 N–H and O–H groups in total. The maximum atomic E-state index is 13.7. The minimum Gasteiger partial charge on any atom is -0.493 e. The Morgan fingerprint density at radius 1 is 1.08 bits per heavy atom. The number of ether oxygens (including phenoxy) is 1. The second-order valence-corrected chi connectivity index (χ2v) is 10.8. The number of unbranched alkanes of at least 4 members (excludes halogenated alkanes) is 2. The number of phosphoric acid groups is 1. The molecule has 1 atom stereocenters. The van der Waals surface area contributed by atoms with E-state index in [0.717, 1.165) is 29.4 Å². The minimum atomic E-state index is -4.77. The molecule has 3 aromatic rings. The fourth-order valence-electron chi connectivity index (χ4n) is 3.34. The topological polar surface area (TPSA) is 128 Å². The first-order valence-electron chi connectivity index (χ1n) is 11.2. The van der Waals surface area contributed by atoms with Crippen LogP contribution in [0.1, 0.15) is 42.3 Å². The van der Waals surface area contributed by atoms with Crippen LogP contribution in [0.2, 0.25) is 0 Å². The van der Waals surface area contributed by atoms with E-state index in [4.69, 9.17) is 20.3 Å². The van der Waals surface area contributed by atoms with Gasteiger partial charge in [-0.3, -0.25) is 4.52 Å². The molecule has 2 aromatic carbocycles. The highest BCUT2D eigenvalue weighted by Gasteiger charge is 2.35. The van der Waals surface area contributed by atoms with Crippen LogP contribution in [0.15, 0.2) is 42.5 Å². The Hall–Kier alpha value is -2.41. The van der Waals surface area contributed by atoms with Gasteiger partial charge in [-0.2, -0.15) is 13.2 Å². The van der Waals surface area contributed by atoms with Gasteiger partial charge in [-0.1, -0.05) is 23.5 Å². The minimum absolute atomic E-state index is 0.0830. The van der Waals surface area contributed by atoms with Gasteiger partial charge in [0.1, 0.15) is 21.6 Å². The molecule has 0 amide bonds. The van der Waals surface area contributed by atoms with Crippen LogP contribution in [0.4, 0.5) is 17.6 Å². The van der Waals surface area contributed by atoms with Gasteiger partial charge in [0.15, 0.2) is 0 Å². The van der Waals surface area contributed by atoms with E-state index in [1.165, 1.54) is 31.2 Å². The number of phosphoric ester groups is 1. The second kappa shape index (κ2) is 12.0. The highest BCUT2D eigenvalue weighted by atomic mass is 32.1. The van der Waals surface area contributed by atoms with Crippen LogP contribution in [0.5, 0.6) is 5.75 Å². The van der Waals surface area contributed by atoms with Crippen molar-refractivity contribution in [1.82, 2.24) is 10.2 Å². The van der Waals surface area contributed by atoms with Gasteiger partial charge in [0.25, 0.3) is 0 Å². The van der Waals surface area contributed by atoms with E-state index in [1.807, 2.05) is 6.07 Å². The summed E-state index contributed by atoms with van der Waals surface area (Å²) in [6.45, 7) is 0.914. The number of halogens is 4. The van der Waals surface area contributed by atoms with Crippen molar-refractivity contribution >= 4 is 19.2 Å². The maximum Gasteiger partial charge on any atom is 0.469 e. The number of nitrogens with two attached hydrogens (primary N) is 1. The van der Waals surface area contributed by atoms with Crippen LogP contribution >= 0.6 is 19.2 Å². The fourth-order valence-corrected chi connectivity index (χ4v) is 4.66. The summed E-state index contributed by atoms with van der Waals surface area (Å²) in [4.78, 5) is 17.7. The monoisotopic (exact) mass is 563 g/mol. The van der Waals surface area contributed by atoms with Crippen molar-refractivity contribution in [2.24, 2.45) is 5.73 Å². The Balaban J connectivity index is 1.63. The molecule has 0 saturated heterocycles. The van der Waals surface area contributed by atoms with Gasteiger partial charge in [0.05, 0.1) is 24.3 Å². The number of rotatable bonds is 12. The Labute approximate surface area is 214 Å². The molecule has 1 heterocycles. The van der Waals surface area contributed by atoms with Gasteiger partial charge >= 0.3 is 14.0 Å². The molecule has 37 heavy (non-hydrogen) atoms. The van der Waals surface area contributed by atoms with E-state index >= 15 is 0 Å². The number of nitrogens with zero attached hydrogens (tertiary/aromatic N) is 2. The van der Waals surface area contributed by atoms with Crippen LogP contribution in [-0.2, 0) is 27.2 Å². The number of hydrogen-bond acceptors (Lipinski definition) is 7. The quantitative estimate of drug-likeness (QED) is 0.151. The summed E-state index contributed by atoms with van der Waals surface area (Å²) in [6.07, 6.45) is -2.04. The molecular weight excluding hydrogens is 537 g/mol. The van der Waals surface area contributed by atoms with Crippen LogP contribution < -0.4 is 10.5 Å². The fraction of sp³-hybridized carbons (Fsp3) is 0.391. The van der Waals surface area contributed by atoms with Crippen LogP contribution in [0.3, 0.4) is 0 Å². The molecule has 1 aromatic heterocycles. The zero-order chi connectivity index (χ0) is 27.3. The van der Waals surface area contributed by atoms with E-state index < -0.39 is 31.7 Å². The lowest BCUT2D eigenvalue weighted by atomic mass is 10.1. The molecule has 3 rings (SSSR count). The van der Waals surface area contributed by atoms with E-state index in [1.54, 1.807) is 6.07 Å². The zero-order valence-electron chi connectivity index (χ0n) is 19.7.